The lowest BCUT2D eigenvalue weighted by Crippen LogP contribution is -2.45. The maximum absolute atomic E-state index is 13.6. The number of fused-ring (bicyclic) bond motifs is 1. The van der Waals surface area contributed by atoms with Gasteiger partial charge in [-0.3, -0.25) is 9.69 Å². The molecule has 194 valence electrons. The Labute approximate surface area is 214 Å². The normalized spacial score (nSPS) is 12.2. The van der Waals surface area contributed by atoms with E-state index in [0.717, 1.165) is 49.1 Å². The van der Waals surface area contributed by atoms with Gasteiger partial charge in [0.1, 0.15) is 11.3 Å². The van der Waals surface area contributed by atoms with Gasteiger partial charge >= 0.3 is 5.63 Å². The van der Waals surface area contributed by atoms with E-state index in [9.17, 15) is 9.59 Å². The van der Waals surface area contributed by atoms with E-state index in [-0.39, 0.29) is 11.9 Å². The van der Waals surface area contributed by atoms with Gasteiger partial charge in [-0.05, 0) is 68.6 Å². The van der Waals surface area contributed by atoms with Crippen molar-refractivity contribution in [1.82, 2.24) is 4.90 Å². The van der Waals surface area contributed by atoms with Gasteiger partial charge in [-0.1, -0.05) is 39.8 Å². The third-order valence-electron chi connectivity index (χ3n) is 6.28. The molecule has 7 heteroatoms. The Kier molecular flexibility index (Phi) is 9.53. The molecule has 0 unspecified atom stereocenters. The summed E-state index contributed by atoms with van der Waals surface area (Å²) in [4.78, 5) is 30.0. The third kappa shape index (κ3) is 6.46. The molecule has 0 aliphatic carbocycles. The van der Waals surface area contributed by atoms with Crippen LogP contribution in [0.2, 0.25) is 0 Å². The Bertz CT molecular complexity index is 1210. The summed E-state index contributed by atoms with van der Waals surface area (Å²) in [6, 6.07) is 14.3. The first-order valence-corrected chi connectivity index (χ1v) is 12.8. The van der Waals surface area contributed by atoms with Crippen LogP contribution >= 0.6 is 0 Å². The first-order chi connectivity index (χ1) is 17.3. The highest BCUT2D eigenvalue weighted by molar-refractivity contribution is 5.97. The largest absolute Gasteiger partial charge is 0.495 e. The summed E-state index contributed by atoms with van der Waals surface area (Å²) in [5, 5.41) is 3.97. The summed E-state index contributed by atoms with van der Waals surface area (Å²) in [5.41, 5.74) is 2.24. The molecule has 1 N–H and O–H groups in total. The van der Waals surface area contributed by atoms with Crippen molar-refractivity contribution >= 4 is 33.9 Å². The molecule has 0 aliphatic rings. The monoisotopic (exact) mass is 493 g/mol. The lowest BCUT2D eigenvalue weighted by molar-refractivity contribution is -0.122. The molecular weight excluding hydrogens is 454 g/mol. The van der Waals surface area contributed by atoms with E-state index in [2.05, 4.69) is 37.9 Å². The number of methoxy groups -OCH3 is 1. The van der Waals surface area contributed by atoms with Crippen molar-refractivity contribution in [2.24, 2.45) is 5.92 Å². The van der Waals surface area contributed by atoms with E-state index < -0.39 is 5.63 Å². The first kappa shape index (κ1) is 27.3. The Morgan fingerprint density at radius 1 is 1.06 bits per heavy atom. The number of carbonyl (C=O) groups is 1. The fraction of sp³-hybridized carbons (Fsp3) is 0.448. The summed E-state index contributed by atoms with van der Waals surface area (Å²) in [6.45, 7) is 10.3. The average Bonchev–Trinajstić information content (AvgIpc) is 2.86. The van der Waals surface area contributed by atoms with Gasteiger partial charge in [-0.2, -0.15) is 0 Å². The summed E-state index contributed by atoms with van der Waals surface area (Å²) in [6.07, 6.45) is 2.76. The molecule has 0 saturated heterocycles. The second kappa shape index (κ2) is 12.6. The summed E-state index contributed by atoms with van der Waals surface area (Å²) < 4.78 is 10.9. The SMILES string of the molecule is CCCN(CCC)[C@@H](CC(C)C)C(=O)Nc1cc(N(C)c2cc(=O)oc3ccccc23)ccc1OC. The lowest BCUT2D eigenvalue weighted by Gasteiger charge is -2.31. The number of nitrogens with zero attached hydrogens (tertiary/aromatic N) is 2. The zero-order valence-electron chi connectivity index (χ0n) is 22.3. The molecule has 0 radical (unpaired) electrons. The predicted octanol–water partition coefficient (Wildman–Crippen LogP) is 6.04. The molecule has 1 amide bonds. The van der Waals surface area contributed by atoms with Crippen LogP contribution in [0, 0.1) is 5.92 Å². The van der Waals surface area contributed by atoms with Gasteiger partial charge in [0, 0.05) is 24.2 Å². The molecule has 0 fully saturated rings. The van der Waals surface area contributed by atoms with Gasteiger partial charge in [-0.15, -0.1) is 0 Å². The Morgan fingerprint density at radius 2 is 1.75 bits per heavy atom. The Hall–Kier alpha value is -3.32. The van der Waals surface area contributed by atoms with Crippen molar-refractivity contribution in [1.29, 1.82) is 0 Å². The number of ether oxygens (including phenoxy) is 1. The van der Waals surface area contributed by atoms with Crippen LogP contribution in [0.5, 0.6) is 5.75 Å². The van der Waals surface area contributed by atoms with E-state index in [1.807, 2.05) is 48.3 Å². The van der Waals surface area contributed by atoms with Gasteiger partial charge < -0.3 is 19.4 Å². The van der Waals surface area contributed by atoms with Crippen LogP contribution in [-0.4, -0.2) is 44.1 Å². The fourth-order valence-corrected chi connectivity index (χ4v) is 4.60. The summed E-state index contributed by atoms with van der Waals surface area (Å²) in [5.74, 6) is 0.933. The Morgan fingerprint density at radius 3 is 2.39 bits per heavy atom. The number of nitrogens with one attached hydrogen (secondary N) is 1. The van der Waals surface area contributed by atoms with Crippen LogP contribution in [0.4, 0.5) is 17.1 Å². The standard InChI is InChI=1S/C29H39N3O4/c1-7-15-32(16-8-2)25(17-20(3)4)29(34)30-23-18-21(13-14-27(23)35-6)31(5)24-19-28(33)36-26-12-10-9-11-22(24)26/h9-14,18-20,25H,7-8,15-17H2,1-6H3,(H,30,34)/t25-/m0/s1. The highest BCUT2D eigenvalue weighted by atomic mass is 16.5. The molecule has 7 nitrogen and oxygen atoms in total. The minimum atomic E-state index is -0.416. The van der Waals surface area contributed by atoms with Crippen molar-refractivity contribution in [3.63, 3.8) is 0 Å². The molecule has 0 spiro atoms. The van der Waals surface area contributed by atoms with Crippen molar-refractivity contribution < 1.29 is 13.9 Å². The highest BCUT2D eigenvalue weighted by Gasteiger charge is 2.27. The van der Waals surface area contributed by atoms with Crippen LogP contribution in [0.15, 0.2) is 57.7 Å². The van der Waals surface area contributed by atoms with Crippen LogP contribution in [-0.2, 0) is 4.79 Å². The molecule has 3 aromatic rings. The molecule has 0 aliphatic heterocycles. The van der Waals surface area contributed by atoms with Gasteiger partial charge in [0.15, 0.2) is 0 Å². The number of hydrogen-bond donors (Lipinski definition) is 1. The number of benzene rings is 2. The van der Waals surface area contributed by atoms with E-state index >= 15 is 0 Å². The number of carbonyl (C=O) groups excluding carboxylic acids is 1. The quantitative estimate of drug-likeness (QED) is 0.310. The van der Waals surface area contributed by atoms with Crippen molar-refractivity contribution in [3.05, 3.63) is 59.0 Å². The van der Waals surface area contributed by atoms with Gasteiger partial charge in [0.05, 0.1) is 24.5 Å². The van der Waals surface area contributed by atoms with E-state index in [1.54, 1.807) is 13.2 Å². The first-order valence-electron chi connectivity index (χ1n) is 12.8. The van der Waals surface area contributed by atoms with Crippen LogP contribution < -0.4 is 20.6 Å². The molecule has 3 rings (SSSR count). The average molecular weight is 494 g/mol. The van der Waals surface area contributed by atoms with Crippen LogP contribution in [0.1, 0.15) is 47.0 Å². The smallest absolute Gasteiger partial charge is 0.338 e. The van der Waals surface area contributed by atoms with E-state index in [0.29, 0.717) is 22.9 Å². The van der Waals surface area contributed by atoms with Crippen molar-refractivity contribution in [3.8, 4) is 5.75 Å². The van der Waals surface area contributed by atoms with E-state index in [1.165, 1.54) is 6.07 Å². The zero-order chi connectivity index (χ0) is 26.2. The van der Waals surface area contributed by atoms with Crippen molar-refractivity contribution in [2.75, 3.05) is 37.5 Å². The number of para-hydroxylation sites is 1. The molecule has 1 atom stereocenters. The number of amides is 1. The van der Waals surface area contributed by atoms with Crippen molar-refractivity contribution in [2.45, 2.75) is 53.0 Å². The zero-order valence-corrected chi connectivity index (χ0v) is 22.3. The molecule has 1 aromatic heterocycles. The van der Waals surface area contributed by atoms with Gasteiger partial charge in [0.2, 0.25) is 5.91 Å². The second-order valence-corrected chi connectivity index (χ2v) is 9.56. The summed E-state index contributed by atoms with van der Waals surface area (Å²) in [7, 11) is 3.48. The maximum atomic E-state index is 13.6. The highest BCUT2D eigenvalue weighted by Crippen LogP contribution is 2.35. The van der Waals surface area contributed by atoms with Gasteiger partial charge in [0.25, 0.3) is 0 Å². The topological polar surface area (TPSA) is 75.0 Å². The van der Waals surface area contributed by atoms with Gasteiger partial charge in [-0.25, -0.2) is 4.79 Å². The molecule has 1 heterocycles. The molecule has 36 heavy (non-hydrogen) atoms. The molecule has 0 saturated carbocycles. The second-order valence-electron chi connectivity index (χ2n) is 9.56. The maximum Gasteiger partial charge on any atom is 0.338 e. The number of anilines is 3. The van der Waals surface area contributed by atoms with Crippen LogP contribution in [0.25, 0.3) is 11.0 Å². The Balaban J connectivity index is 1.97. The number of rotatable bonds is 12. The summed E-state index contributed by atoms with van der Waals surface area (Å²) >= 11 is 0. The fourth-order valence-electron chi connectivity index (χ4n) is 4.60. The minimum absolute atomic E-state index is 0.0329. The lowest BCUT2D eigenvalue weighted by atomic mass is 10.0. The van der Waals surface area contributed by atoms with Crippen LogP contribution in [0.3, 0.4) is 0 Å². The predicted molar refractivity (Wildman–Crippen MR) is 148 cm³/mol. The third-order valence-corrected chi connectivity index (χ3v) is 6.28. The molecular formula is C29H39N3O4. The molecule has 0 bridgehead atoms. The molecule has 2 aromatic carbocycles. The van der Waals surface area contributed by atoms with E-state index in [4.69, 9.17) is 9.15 Å². The number of hydrogen-bond acceptors (Lipinski definition) is 6. The minimum Gasteiger partial charge on any atom is -0.495 e.